The second-order valence-electron chi connectivity index (χ2n) is 12.5. The molecule has 2 heterocycles. The van der Waals surface area contributed by atoms with Crippen molar-refractivity contribution >= 4 is 28.6 Å². The number of aromatic carboxylic acids is 1. The van der Waals surface area contributed by atoms with E-state index in [4.69, 9.17) is 16.6 Å². The number of alkyl halides is 3. The minimum absolute atomic E-state index is 0.262. The second kappa shape index (κ2) is 12.2. The highest BCUT2D eigenvalue weighted by Crippen LogP contribution is 2.44. The number of nitrogens with zero attached hydrogens (tertiary/aromatic N) is 3. The highest BCUT2D eigenvalue weighted by atomic mass is 35.5. The lowest BCUT2D eigenvalue weighted by atomic mass is 9.84. The van der Waals surface area contributed by atoms with Crippen molar-refractivity contribution < 1.29 is 23.1 Å². The van der Waals surface area contributed by atoms with E-state index in [0.29, 0.717) is 23.0 Å². The van der Waals surface area contributed by atoms with Gasteiger partial charge in [-0.15, -0.1) is 0 Å². The number of carbonyl (C=O) groups is 1. The second-order valence-corrected chi connectivity index (χ2v) is 12.9. The van der Waals surface area contributed by atoms with Crippen LogP contribution in [0, 0.1) is 0 Å². The zero-order valence-electron chi connectivity index (χ0n) is 25.1. The molecule has 5 nitrogen and oxygen atoms in total. The molecule has 1 N–H and O–H groups in total. The molecule has 9 heteroatoms. The molecule has 0 radical (unpaired) electrons. The molecule has 1 aliphatic carbocycles. The maximum absolute atomic E-state index is 13.4. The van der Waals surface area contributed by atoms with E-state index < -0.39 is 17.7 Å². The molecule has 7 rings (SSSR count). The van der Waals surface area contributed by atoms with E-state index >= 15 is 0 Å². The van der Waals surface area contributed by atoms with E-state index in [1.807, 2.05) is 42.5 Å². The average Bonchev–Trinajstić information content (AvgIpc) is 3.83. The average molecular weight is 644 g/mol. The number of carboxylic acid groups (broad SMARTS) is 1. The van der Waals surface area contributed by atoms with Crippen molar-refractivity contribution in [2.24, 2.45) is 0 Å². The summed E-state index contributed by atoms with van der Waals surface area (Å²) in [5, 5.41) is 9.98. The maximum atomic E-state index is 13.4. The van der Waals surface area contributed by atoms with Crippen molar-refractivity contribution in [2.75, 3.05) is 13.1 Å². The van der Waals surface area contributed by atoms with Gasteiger partial charge in [0.2, 0.25) is 0 Å². The van der Waals surface area contributed by atoms with Crippen molar-refractivity contribution in [2.45, 2.75) is 56.3 Å². The van der Waals surface area contributed by atoms with Gasteiger partial charge >= 0.3 is 12.1 Å². The summed E-state index contributed by atoms with van der Waals surface area (Å²) in [6.45, 7) is 2.46. The summed E-state index contributed by atoms with van der Waals surface area (Å²) in [5.74, 6) is 0.350. The van der Waals surface area contributed by atoms with Crippen LogP contribution in [0.15, 0.2) is 91.0 Å². The molecule has 1 saturated heterocycles. The van der Waals surface area contributed by atoms with Gasteiger partial charge < -0.3 is 9.67 Å². The summed E-state index contributed by atoms with van der Waals surface area (Å²) < 4.78 is 42.7. The summed E-state index contributed by atoms with van der Waals surface area (Å²) in [4.78, 5) is 18.9. The van der Waals surface area contributed by atoms with Crippen LogP contribution in [0.25, 0.3) is 11.0 Å². The first-order valence-electron chi connectivity index (χ1n) is 15.6. The molecule has 46 heavy (non-hydrogen) atoms. The fourth-order valence-corrected chi connectivity index (χ4v) is 6.94. The number of imidazole rings is 1. The van der Waals surface area contributed by atoms with Crippen molar-refractivity contribution in [3.8, 4) is 0 Å². The third kappa shape index (κ3) is 6.29. The molecule has 1 aliphatic heterocycles. The number of hydrogen-bond acceptors (Lipinski definition) is 3. The summed E-state index contributed by atoms with van der Waals surface area (Å²) in [6, 6.07) is 26.6. The van der Waals surface area contributed by atoms with Gasteiger partial charge in [0.25, 0.3) is 0 Å². The first kappa shape index (κ1) is 30.5. The highest BCUT2D eigenvalue weighted by Gasteiger charge is 2.34. The molecule has 1 unspecified atom stereocenters. The number of benzene rings is 4. The van der Waals surface area contributed by atoms with Crippen LogP contribution in [-0.2, 0) is 12.7 Å². The molecular formula is C37H33ClF3N3O2. The molecule has 1 aromatic heterocycles. The Morgan fingerprint density at radius 3 is 2.15 bits per heavy atom. The monoisotopic (exact) mass is 643 g/mol. The smallest absolute Gasteiger partial charge is 0.416 e. The lowest BCUT2D eigenvalue weighted by Crippen LogP contribution is -2.34. The van der Waals surface area contributed by atoms with Gasteiger partial charge in [-0.05, 0) is 96.5 Å². The quantitative estimate of drug-likeness (QED) is 0.171. The Morgan fingerprint density at radius 1 is 0.870 bits per heavy atom. The molecular weight excluding hydrogens is 611 g/mol. The van der Waals surface area contributed by atoms with Crippen LogP contribution in [0.5, 0.6) is 0 Å². The number of halogens is 4. The van der Waals surface area contributed by atoms with Gasteiger partial charge in [0.15, 0.2) is 0 Å². The van der Waals surface area contributed by atoms with Crippen LogP contribution in [-0.4, -0.2) is 38.6 Å². The highest BCUT2D eigenvalue weighted by molar-refractivity contribution is 6.30. The Bertz CT molecular complexity index is 1870. The first-order chi connectivity index (χ1) is 22.1. The molecule has 1 atom stereocenters. The fourth-order valence-electron chi connectivity index (χ4n) is 6.82. The van der Waals surface area contributed by atoms with Gasteiger partial charge in [0, 0.05) is 42.5 Å². The van der Waals surface area contributed by atoms with Crippen molar-refractivity contribution in [3.05, 3.63) is 135 Å². The zero-order chi connectivity index (χ0) is 32.0. The van der Waals surface area contributed by atoms with Gasteiger partial charge in [-0.25, -0.2) is 9.78 Å². The van der Waals surface area contributed by atoms with Crippen LogP contribution in [0.1, 0.15) is 87.6 Å². The fraction of sp³-hybridized carbons (Fsp3) is 0.297. The van der Waals surface area contributed by atoms with Gasteiger partial charge in [0.05, 0.1) is 22.2 Å². The number of hydrogen-bond donors (Lipinski definition) is 1. The number of piperidine rings is 1. The van der Waals surface area contributed by atoms with Gasteiger partial charge in [-0.2, -0.15) is 13.2 Å². The molecule has 2 aliphatic rings. The Hall–Kier alpha value is -4.14. The maximum Gasteiger partial charge on any atom is 0.416 e. The SMILES string of the molecule is O=C(O)c1cccc(CN2CCC(n3c(C4CC4)nc4ccc(C(c5ccc(Cl)cc5)c5ccc(C(F)(F)F)cc5)cc43)CC2)c1. The van der Waals surface area contributed by atoms with E-state index in [1.165, 1.54) is 0 Å². The van der Waals surface area contributed by atoms with Crippen LogP contribution in [0.3, 0.4) is 0 Å². The van der Waals surface area contributed by atoms with Crippen LogP contribution in [0.4, 0.5) is 13.2 Å². The topological polar surface area (TPSA) is 58.4 Å². The molecule has 1 saturated carbocycles. The Kier molecular flexibility index (Phi) is 8.11. The minimum atomic E-state index is -4.41. The molecule has 0 spiro atoms. The molecule has 5 aromatic rings. The summed E-state index contributed by atoms with van der Waals surface area (Å²) in [7, 11) is 0. The van der Waals surface area contributed by atoms with E-state index in [-0.39, 0.29) is 12.0 Å². The van der Waals surface area contributed by atoms with Crippen LogP contribution >= 0.6 is 11.6 Å². The Labute approximate surface area is 270 Å². The number of rotatable bonds is 8. The normalized spacial score (nSPS) is 17.0. The third-order valence-electron chi connectivity index (χ3n) is 9.29. The molecule has 0 amide bonds. The lowest BCUT2D eigenvalue weighted by Gasteiger charge is -2.34. The predicted molar refractivity (Wildman–Crippen MR) is 172 cm³/mol. The minimum Gasteiger partial charge on any atom is -0.478 e. The van der Waals surface area contributed by atoms with Crippen molar-refractivity contribution in [1.29, 1.82) is 0 Å². The molecule has 2 fully saturated rings. The summed E-state index contributed by atoms with van der Waals surface area (Å²) in [6.07, 6.45) is -0.292. The number of aromatic nitrogens is 2. The van der Waals surface area contributed by atoms with E-state index in [2.05, 4.69) is 15.5 Å². The largest absolute Gasteiger partial charge is 0.478 e. The zero-order valence-corrected chi connectivity index (χ0v) is 25.8. The summed E-state index contributed by atoms with van der Waals surface area (Å²) >= 11 is 6.21. The van der Waals surface area contributed by atoms with E-state index in [9.17, 15) is 23.1 Å². The van der Waals surface area contributed by atoms with Gasteiger partial charge in [-0.1, -0.05) is 54.1 Å². The van der Waals surface area contributed by atoms with Gasteiger partial charge in [0.1, 0.15) is 5.82 Å². The molecule has 236 valence electrons. The number of carboxylic acids is 1. The Balaban J connectivity index is 1.21. The van der Waals surface area contributed by atoms with Crippen LogP contribution < -0.4 is 0 Å². The summed E-state index contributed by atoms with van der Waals surface area (Å²) in [5.41, 5.74) is 5.30. The molecule has 0 bridgehead atoms. The Morgan fingerprint density at radius 2 is 1.52 bits per heavy atom. The standard InChI is InChI=1S/C37H33ClF3N3O2/c38-30-13-8-25(9-14-30)34(24-6-11-29(12-7-24)37(39,40)41)27-10-15-32-33(21-27)44(35(42-32)26-4-5-26)31-16-18-43(19-17-31)22-23-2-1-3-28(20-23)36(45)46/h1-3,6-15,20-21,26,31,34H,4-5,16-19,22H2,(H,45,46). The predicted octanol–water partition coefficient (Wildman–Crippen LogP) is 9.30. The van der Waals surface area contributed by atoms with Crippen LogP contribution in [0.2, 0.25) is 5.02 Å². The van der Waals surface area contributed by atoms with E-state index in [1.54, 1.807) is 30.3 Å². The van der Waals surface area contributed by atoms with Crippen molar-refractivity contribution in [3.63, 3.8) is 0 Å². The number of fused-ring (bicyclic) bond motifs is 1. The first-order valence-corrected chi connectivity index (χ1v) is 16.0. The van der Waals surface area contributed by atoms with E-state index in [0.717, 1.165) is 90.0 Å². The van der Waals surface area contributed by atoms with Gasteiger partial charge in [-0.3, -0.25) is 4.90 Å². The number of likely N-dealkylation sites (tertiary alicyclic amines) is 1. The van der Waals surface area contributed by atoms with Crippen molar-refractivity contribution in [1.82, 2.24) is 14.5 Å². The third-order valence-corrected chi connectivity index (χ3v) is 9.55. The molecule has 4 aromatic carbocycles. The lowest BCUT2D eigenvalue weighted by molar-refractivity contribution is -0.137.